The summed E-state index contributed by atoms with van der Waals surface area (Å²) in [6.07, 6.45) is 5.43. The molecule has 0 spiro atoms. The Morgan fingerprint density at radius 2 is 1.72 bits per heavy atom. The Balaban J connectivity index is 0.000000145. The zero-order chi connectivity index (χ0) is 22.9. The maximum atomic E-state index is 10.4. The SMILES string of the molecule is C[O+]1CCCC1.O=C(O)Cc1ccc2c(c1)CCO2.OCCc1cc(Br)c2c(c1)CCO2. The minimum atomic E-state index is -0.793. The van der Waals surface area contributed by atoms with Crippen LogP contribution in [-0.4, -0.2) is 56.3 Å². The fourth-order valence-electron chi connectivity index (χ4n) is 3.92. The second-order valence-corrected chi connectivity index (χ2v) is 9.00. The van der Waals surface area contributed by atoms with E-state index in [0.717, 1.165) is 46.5 Å². The van der Waals surface area contributed by atoms with Crippen LogP contribution >= 0.6 is 15.9 Å². The van der Waals surface area contributed by atoms with E-state index in [0.29, 0.717) is 13.0 Å². The van der Waals surface area contributed by atoms with Crippen molar-refractivity contribution in [1.29, 1.82) is 0 Å². The van der Waals surface area contributed by atoms with Crippen molar-refractivity contribution >= 4 is 21.9 Å². The monoisotopic (exact) mass is 507 g/mol. The molecule has 3 aliphatic heterocycles. The lowest BCUT2D eigenvalue weighted by Crippen LogP contribution is -1.99. The number of carboxylic acids is 1. The Labute approximate surface area is 198 Å². The third-order valence-electron chi connectivity index (χ3n) is 5.54. The summed E-state index contributed by atoms with van der Waals surface area (Å²) < 4.78 is 14.8. The maximum Gasteiger partial charge on any atom is 0.307 e. The van der Waals surface area contributed by atoms with E-state index >= 15 is 0 Å². The van der Waals surface area contributed by atoms with E-state index in [-0.39, 0.29) is 13.0 Å². The molecule has 2 aromatic rings. The summed E-state index contributed by atoms with van der Waals surface area (Å²) in [7, 11) is 2.09. The van der Waals surface area contributed by atoms with Crippen LogP contribution in [0, 0.1) is 0 Å². The normalized spacial score (nSPS) is 16.0. The second kappa shape index (κ2) is 12.2. The molecule has 2 N–H and O–H groups in total. The minimum Gasteiger partial charge on any atom is -0.493 e. The third kappa shape index (κ3) is 7.22. The Kier molecular flexibility index (Phi) is 9.38. The Bertz CT molecular complexity index is 908. The van der Waals surface area contributed by atoms with Gasteiger partial charge in [0.2, 0.25) is 0 Å². The second-order valence-electron chi connectivity index (χ2n) is 8.15. The van der Waals surface area contributed by atoms with E-state index in [4.69, 9.17) is 19.7 Å². The van der Waals surface area contributed by atoms with Crippen molar-refractivity contribution in [2.24, 2.45) is 0 Å². The molecule has 0 bridgehead atoms. The number of aliphatic hydroxyl groups is 1. The lowest BCUT2D eigenvalue weighted by atomic mass is 10.1. The van der Waals surface area contributed by atoms with Crippen molar-refractivity contribution in [1.82, 2.24) is 0 Å². The van der Waals surface area contributed by atoms with Gasteiger partial charge in [0.05, 0.1) is 24.1 Å². The number of carboxylic acid groups (broad SMARTS) is 1. The highest BCUT2D eigenvalue weighted by atomic mass is 79.9. The molecule has 0 unspecified atom stereocenters. The summed E-state index contributed by atoms with van der Waals surface area (Å²) in [6.45, 7) is 4.16. The topological polar surface area (TPSA) is 78.7 Å². The highest BCUT2D eigenvalue weighted by Crippen LogP contribution is 2.34. The van der Waals surface area contributed by atoms with E-state index in [1.807, 2.05) is 18.2 Å². The van der Waals surface area contributed by atoms with Gasteiger partial charge in [0.25, 0.3) is 0 Å². The van der Waals surface area contributed by atoms with Crippen LogP contribution in [0.2, 0.25) is 0 Å². The van der Waals surface area contributed by atoms with Gasteiger partial charge in [-0.15, -0.1) is 0 Å². The van der Waals surface area contributed by atoms with Gasteiger partial charge >= 0.3 is 5.97 Å². The molecule has 5 rings (SSSR count). The Morgan fingerprint density at radius 3 is 2.38 bits per heavy atom. The fraction of sp³-hybridized carbons (Fsp3) is 0.480. The van der Waals surface area contributed by atoms with Crippen molar-refractivity contribution in [3.05, 3.63) is 57.1 Å². The predicted molar refractivity (Wildman–Crippen MR) is 127 cm³/mol. The third-order valence-corrected chi connectivity index (χ3v) is 6.13. The Hall–Kier alpha value is -2.09. The first-order valence-electron chi connectivity index (χ1n) is 11.1. The van der Waals surface area contributed by atoms with Crippen LogP contribution in [0.1, 0.15) is 35.1 Å². The molecule has 3 heterocycles. The van der Waals surface area contributed by atoms with Crippen molar-refractivity contribution in [2.75, 3.05) is 40.1 Å². The van der Waals surface area contributed by atoms with Crippen molar-refractivity contribution in [3.8, 4) is 11.5 Å². The van der Waals surface area contributed by atoms with Crippen molar-refractivity contribution < 1.29 is 28.8 Å². The summed E-state index contributed by atoms with van der Waals surface area (Å²) in [5, 5.41) is 17.4. The minimum absolute atomic E-state index is 0.0906. The molecule has 0 saturated carbocycles. The quantitative estimate of drug-likeness (QED) is 0.608. The van der Waals surface area contributed by atoms with Gasteiger partial charge in [-0.25, -0.2) is 0 Å². The number of carbonyl (C=O) groups is 1. The molecule has 7 heteroatoms. The highest BCUT2D eigenvalue weighted by molar-refractivity contribution is 9.10. The molecule has 0 aromatic heterocycles. The van der Waals surface area contributed by atoms with Crippen LogP contribution in [0.15, 0.2) is 34.8 Å². The van der Waals surface area contributed by atoms with Crippen LogP contribution in [-0.2, 0) is 34.8 Å². The van der Waals surface area contributed by atoms with Gasteiger partial charge in [0, 0.05) is 32.3 Å². The van der Waals surface area contributed by atoms with Crippen LogP contribution in [0.25, 0.3) is 0 Å². The lowest BCUT2D eigenvalue weighted by Gasteiger charge is -2.05. The summed E-state index contributed by atoms with van der Waals surface area (Å²) in [5.41, 5.74) is 4.38. The number of halogens is 1. The largest absolute Gasteiger partial charge is 0.493 e. The van der Waals surface area contributed by atoms with Gasteiger partial charge in [-0.3, -0.25) is 4.79 Å². The average Bonchev–Trinajstić information content (AvgIpc) is 3.50. The van der Waals surface area contributed by atoms with E-state index in [9.17, 15) is 4.79 Å². The van der Waals surface area contributed by atoms with E-state index in [2.05, 4.69) is 33.5 Å². The summed E-state index contributed by atoms with van der Waals surface area (Å²) >= 11 is 3.46. The molecule has 3 aliphatic rings. The smallest absolute Gasteiger partial charge is 0.307 e. The summed E-state index contributed by atoms with van der Waals surface area (Å²) in [6, 6.07) is 9.69. The van der Waals surface area contributed by atoms with Gasteiger partial charge in [-0.2, -0.15) is 0 Å². The molecule has 32 heavy (non-hydrogen) atoms. The first kappa shape index (κ1) is 24.6. The van der Waals surface area contributed by atoms with Crippen molar-refractivity contribution in [3.63, 3.8) is 0 Å². The molecule has 6 nitrogen and oxygen atoms in total. The standard InChI is InChI=1S/C10H11BrO2.C10H10O3.C5H11O/c11-9-6-7(1-3-12)5-8-2-4-13-10(8)9;11-10(12)6-7-1-2-9-8(5-7)3-4-13-9;1-6-4-2-3-5-6/h5-6,12H,1-4H2;1-2,5H,3-4,6H2,(H,11,12);2-5H2,1H3/q;;+1. The molecule has 1 fully saturated rings. The number of benzene rings is 2. The number of rotatable bonds is 4. The van der Waals surface area contributed by atoms with Crippen LogP contribution in [0.5, 0.6) is 11.5 Å². The molecule has 2 aromatic carbocycles. The first-order valence-corrected chi connectivity index (χ1v) is 11.9. The van der Waals surface area contributed by atoms with Gasteiger partial charge in [0.15, 0.2) is 0 Å². The summed E-state index contributed by atoms with van der Waals surface area (Å²) in [5.74, 6) is 1.08. The number of aliphatic hydroxyl groups excluding tert-OH is 1. The van der Waals surface area contributed by atoms with Crippen LogP contribution in [0.4, 0.5) is 0 Å². The molecular formula is C25H32BrO6+. The van der Waals surface area contributed by atoms with Crippen molar-refractivity contribution in [2.45, 2.75) is 38.5 Å². The number of hydrogen-bond donors (Lipinski definition) is 2. The Morgan fingerprint density at radius 1 is 1.03 bits per heavy atom. The molecule has 0 amide bonds. The number of aliphatic carboxylic acids is 1. The molecular weight excluding hydrogens is 476 g/mol. The molecule has 0 radical (unpaired) electrons. The van der Waals surface area contributed by atoms with E-state index < -0.39 is 5.97 Å². The molecule has 1 saturated heterocycles. The fourth-order valence-corrected chi connectivity index (χ4v) is 4.58. The zero-order valence-electron chi connectivity index (χ0n) is 18.6. The summed E-state index contributed by atoms with van der Waals surface area (Å²) in [4.78, 5) is 10.4. The lowest BCUT2D eigenvalue weighted by molar-refractivity contribution is -0.136. The van der Waals surface area contributed by atoms with Gasteiger partial charge in [-0.1, -0.05) is 18.2 Å². The molecule has 0 atom stereocenters. The highest BCUT2D eigenvalue weighted by Gasteiger charge is 2.16. The van der Waals surface area contributed by atoms with Gasteiger partial charge in [-0.05, 0) is 56.7 Å². The van der Waals surface area contributed by atoms with E-state index in [1.54, 1.807) is 6.07 Å². The van der Waals surface area contributed by atoms with Crippen LogP contribution < -0.4 is 9.47 Å². The maximum absolute atomic E-state index is 10.4. The number of ether oxygens (including phenoxy) is 2. The average molecular weight is 508 g/mol. The molecule has 174 valence electrons. The number of hydrogen-bond acceptors (Lipinski definition) is 4. The van der Waals surface area contributed by atoms with Gasteiger partial charge < -0.3 is 24.1 Å². The molecule has 0 aliphatic carbocycles. The zero-order valence-corrected chi connectivity index (χ0v) is 20.2. The number of fused-ring (bicyclic) bond motifs is 2. The van der Waals surface area contributed by atoms with E-state index in [1.165, 1.54) is 37.2 Å². The predicted octanol–water partition coefficient (Wildman–Crippen LogP) is 4.13. The van der Waals surface area contributed by atoms with Crippen LogP contribution in [0.3, 0.4) is 0 Å². The van der Waals surface area contributed by atoms with Gasteiger partial charge in [0.1, 0.15) is 31.8 Å². The first-order chi connectivity index (χ1) is 15.5.